The molecule has 0 saturated carbocycles. The molecule has 0 spiro atoms. The van der Waals surface area contributed by atoms with Crippen LogP contribution in [0.1, 0.15) is 35.0 Å². The second-order valence-electron chi connectivity index (χ2n) is 7.13. The first-order chi connectivity index (χ1) is 14.3. The van der Waals surface area contributed by atoms with Crippen LogP contribution in [0.3, 0.4) is 0 Å². The quantitative estimate of drug-likeness (QED) is 0.525. The molecule has 5 rings (SSSR count). The molecular weight excluding hydrogens is 368 g/mol. The number of nitrogens with zero attached hydrogens (tertiary/aromatic N) is 4. The average Bonchev–Trinajstić information content (AvgIpc) is 3.55. The van der Waals surface area contributed by atoms with E-state index in [-0.39, 0.29) is 11.8 Å². The SMILES string of the molecule is O=C(c1ccc(-n2cccc2)cc1)N1CCC(c2nnc(-c3ccco3)o2)CC1. The highest BCUT2D eigenvalue weighted by atomic mass is 16.4. The maximum Gasteiger partial charge on any atom is 0.283 e. The highest BCUT2D eigenvalue weighted by molar-refractivity contribution is 5.94. The van der Waals surface area contributed by atoms with Gasteiger partial charge in [0, 0.05) is 42.7 Å². The van der Waals surface area contributed by atoms with Crippen molar-refractivity contribution in [2.75, 3.05) is 13.1 Å². The third kappa shape index (κ3) is 3.47. The van der Waals surface area contributed by atoms with Crippen molar-refractivity contribution in [3.8, 4) is 17.3 Å². The first-order valence-electron chi connectivity index (χ1n) is 9.68. The van der Waals surface area contributed by atoms with Crippen molar-refractivity contribution in [3.63, 3.8) is 0 Å². The number of piperidine rings is 1. The van der Waals surface area contributed by atoms with E-state index in [1.54, 1.807) is 18.4 Å². The van der Waals surface area contributed by atoms with Crippen LogP contribution in [0.4, 0.5) is 0 Å². The predicted molar refractivity (Wildman–Crippen MR) is 106 cm³/mol. The molecule has 0 atom stereocenters. The molecule has 0 aliphatic carbocycles. The van der Waals surface area contributed by atoms with E-state index in [9.17, 15) is 4.79 Å². The molecule has 1 fully saturated rings. The summed E-state index contributed by atoms with van der Waals surface area (Å²) in [6.45, 7) is 1.34. The number of amides is 1. The summed E-state index contributed by atoms with van der Waals surface area (Å²) in [4.78, 5) is 14.7. The van der Waals surface area contributed by atoms with Crippen molar-refractivity contribution in [1.29, 1.82) is 0 Å². The maximum atomic E-state index is 12.9. The van der Waals surface area contributed by atoms with E-state index in [1.165, 1.54) is 0 Å². The van der Waals surface area contributed by atoms with E-state index < -0.39 is 0 Å². The number of carbonyl (C=O) groups excluding carboxylic acids is 1. The minimum Gasteiger partial charge on any atom is -0.459 e. The van der Waals surface area contributed by atoms with Gasteiger partial charge in [-0.15, -0.1) is 10.2 Å². The number of likely N-dealkylation sites (tertiary alicyclic amines) is 1. The topological polar surface area (TPSA) is 77.3 Å². The van der Waals surface area contributed by atoms with Crippen LogP contribution in [-0.2, 0) is 0 Å². The maximum absolute atomic E-state index is 12.9. The Morgan fingerprint density at radius 3 is 2.41 bits per heavy atom. The molecule has 1 amide bonds. The number of hydrogen-bond acceptors (Lipinski definition) is 5. The summed E-state index contributed by atoms with van der Waals surface area (Å²) in [5, 5.41) is 8.25. The Labute approximate surface area is 167 Å². The molecular formula is C22H20N4O3. The Kier molecular flexibility index (Phi) is 4.48. The highest BCUT2D eigenvalue weighted by Gasteiger charge is 2.28. The van der Waals surface area contributed by atoms with Crippen molar-refractivity contribution >= 4 is 5.91 Å². The first kappa shape index (κ1) is 17.5. The van der Waals surface area contributed by atoms with Gasteiger partial charge in [0.05, 0.1) is 6.26 Å². The lowest BCUT2D eigenvalue weighted by atomic mass is 9.96. The van der Waals surface area contributed by atoms with Gasteiger partial charge in [0.25, 0.3) is 11.8 Å². The normalized spacial score (nSPS) is 15.0. The lowest BCUT2D eigenvalue weighted by molar-refractivity contribution is 0.0706. The fraction of sp³-hybridized carbons (Fsp3) is 0.227. The van der Waals surface area contributed by atoms with Gasteiger partial charge in [-0.05, 0) is 61.4 Å². The summed E-state index contributed by atoms with van der Waals surface area (Å²) in [6, 6.07) is 15.2. The first-order valence-corrected chi connectivity index (χ1v) is 9.68. The van der Waals surface area contributed by atoms with Crippen LogP contribution in [0.2, 0.25) is 0 Å². The van der Waals surface area contributed by atoms with Crippen LogP contribution in [0.5, 0.6) is 0 Å². The molecule has 0 radical (unpaired) electrons. The van der Waals surface area contributed by atoms with Crippen molar-refractivity contribution < 1.29 is 13.6 Å². The second kappa shape index (κ2) is 7.43. The van der Waals surface area contributed by atoms with Crippen LogP contribution in [0, 0.1) is 0 Å². The molecule has 0 unspecified atom stereocenters. The Balaban J connectivity index is 1.22. The lowest BCUT2D eigenvalue weighted by Crippen LogP contribution is -2.38. The van der Waals surface area contributed by atoms with Gasteiger partial charge in [-0.2, -0.15) is 0 Å². The third-order valence-electron chi connectivity index (χ3n) is 5.32. The molecule has 1 aromatic carbocycles. The summed E-state index contributed by atoms with van der Waals surface area (Å²) in [7, 11) is 0. The Morgan fingerprint density at radius 2 is 1.72 bits per heavy atom. The van der Waals surface area contributed by atoms with Crippen LogP contribution in [0.15, 0.2) is 76.0 Å². The summed E-state index contributed by atoms with van der Waals surface area (Å²) >= 11 is 0. The minimum atomic E-state index is 0.0595. The fourth-order valence-corrected chi connectivity index (χ4v) is 3.69. The van der Waals surface area contributed by atoms with Gasteiger partial charge in [0.15, 0.2) is 5.76 Å². The zero-order valence-corrected chi connectivity index (χ0v) is 15.8. The van der Waals surface area contributed by atoms with Gasteiger partial charge in [-0.1, -0.05) is 0 Å². The van der Waals surface area contributed by atoms with E-state index >= 15 is 0 Å². The highest BCUT2D eigenvalue weighted by Crippen LogP contribution is 2.30. The number of benzene rings is 1. The molecule has 7 nitrogen and oxygen atoms in total. The summed E-state index contributed by atoms with van der Waals surface area (Å²) in [5.41, 5.74) is 1.74. The smallest absolute Gasteiger partial charge is 0.283 e. The molecule has 1 saturated heterocycles. The largest absolute Gasteiger partial charge is 0.459 e. The zero-order chi connectivity index (χ0) is 19.6. The Bertz CT molecular complexity index is 1070. The fourth-order valence-electron chi connectivity index (χ4n) is 3.69. The lowest BCUT2D eigenvalue weighted by Gasteiger charge is -2.30. The standard InChI is InChI=1S/C22H20N4O3/c27-22(17-5-7-18(8-6-17)25-11-1-2-12-25)26-13-9-16(10-14-26)20-23-24-21(29-20)19-4-3-15-28-19/h1-8,11-12,15-16H,9-10,13-14H2. The van der Waals surface area contributed by atoms with Gasteiger partial charge < -0.3 is 18.3 Å². The molecule has 7 heteroatoms. The molecule has 0 bridgehead atoms. The third-order valence-corrected chi connectivity index (χ3v) is 5.32. The molecule has 1 aliphatic heterocycles. The number of hydrogen-bond donors (Lipinski definition) is 0. The molecule has 3 aromatic heterocycles. The molecule has 29 heavy (non-hydrogen) atoms. The molecule has 4 aromatic rings. The predicted octanol–water partition coefficient (Wildman–Crippen LogP) is 4.14. The number of aromatic nitrogens is 3. The van der Waals surface area contributed by atoms with Gasteiger partial charge in [0.2, 0.25) is 5.89 Å². The van der Waals surface area contributed by atoms with Crippen molar-refractivity contribution in [1.82, 2.24) is 19.7 Å². The Hall–Kier alpha value is -3.61. The van der Waals surface area contributed by atoms with Gasteiger partial charge in [-0.25, -0.2) is 0 Å². The van der Waals surface area contributed by atoms with E-state index in [0.29, 0.717) is 36.2 Å². The summed E-state index contributed by atoms with van der Waals surface area (Å²) in [6.07, 6.45) is 7.14. The van der Waals surface area contributed by atoms with Crippen LogP contribution < -0.4 is 0 Å². The molecule has 0 N–H and O–H groups in total. The summed E-state index contributed by atoms with van der Waals surface area (Å²) in [5.74, 6) is 1.79. The molecule has 146 valence electrons. The van der Waals surface area contributed by atoms with E-state index in [4.69, 9.17) is 8.83 Å². The number of rotatable bonds is 4. The zero-order valence-electron chi connectivity index (χ0n) is 15.8. The van der Waals surface area contributed by atoms with Crippen molar-refractivity contribution in [3.05, 3.63) is 78.6 Å². The second-order valence-corrected chi connectivity index (χ2v) is 7.13. The number of furan rings is 1. The van der Waals surface area contributed by atoms with E-state index in [2.05, 4.69) is 10.2 Å². The summed E-state index contributed by atoms with van der Waals surface area (Å²) < 4.78 is 13.1. The Morgan fingerprint density at radius 1 is 0.966 bits per heavy atom. The van der Waals surface area contributed by atoms with Gasteiger partial charge in [0.1, 0.15) is 0 Å². The monoisotopic (exact) mass is 388 g/mol. The van der Waals surface area contributed by atoms with E-state index in [0.717, 1.165) is 18.5 Å². The van der Waals surface area contributed by atoms with Crippen LogP contribution in [-0.4, -0.2) is 38.7 Å². The van der Waals surface area contributed by atoms with Crippen LogP contribution >= 0.6 is 0 Å². The van der Waals surface area contributed by atoms with Crippen molar-refractivity contribution in [2.45, 2.75) is 18.8 Å². The average molecular weight is 388 g/mol. The number of carbonyl (C=O) groups is 1. The minimum absolute atomic E-state index is 0.0595. The molecule has 1 aliphatic rings. The molecule has 4 heterocycles. The van der Waals surface area contributed by atoms with Crippen molar-refractivity contribution in [2.24, 2.45) is 0 Å². The van der Waals surface area contributed by atoms with E-state index in [1.807, 2.05) is 58.3 Å². The van der Waals surface area contributed by atoms with Gasteiger partial charge >= 0.3 is 0 Å². The van der Waals surface area contributed by atoms with Crippen LogP contribution in [0.25, 0.3) is 17.3 Å². The van der Waals surface area contributed by atoms with Gasteiger partial charge in [-0.3, -0.25) is 4.79 Å².